The Hall–Kier alpha value is -3.69. The molecule has 7 nitrogen and oxygen atoms in total. The van der Waals surface area contributed by atoms with Crippen LogP contribution in [0.25, 0.3) is 10.6 Å². The summed E-state index contributed by atoms with van der Waals surface area (Å²) < 4.78 is 30.9. The first-order chi connectivity index (χ1) is 18.4. The number of aromatic carboxylic acids is 1. The van der Waals surface area contributed by atoms with Crippen molar-refractivity contribution in [2.75, 3.05) is 11.4 Å². The molecular formula is C29H28N2O5S2. The van der Waals surface area contributed by atoms with Crippen LogP contribution in [-0.2, 0) is 10.9 Å². The molecule has 38 heavy (non-hydrogen) atoms. The first kappa shape index (κ1) is 25.9. The normalized spacial score (nSPS) is 17.3. The number of ether oxygens (including phenoxy) is 1. The molecule has 1 aliphatic rings. The zero-order valence-corrected chi connectivity index (χ0v) is 22.5. The number of anilines is 2. The molecule has 0 atom stereocenters. The van der Waals surface area contributed by atoms with Gasteiger partial charge in [0.2, 0.25) is 10.9 Å². The lowest BCUT2D eigenvalue weighted by Crippen LogP contribution is -2.14. The van der Waals surface area contributed by atoms with Gasteiger partial charge in [0.25, 0.3) is 0 Å². The fourth-order valence-electron chi connectivity index (χ4n) is 5.15. The molecule has 0 saturated heterocycles. The quantitative estimate of drug-likeness (QED) is 0.240. The van der Waals surface area contributed by atoms with E-state index in [0.717, 1.165) is 22.7 Å². The number of methoxy groups -OCH3 is 1. The summed E-state index contributed by atoms with van der Waals surface area (Å²) in [5.41, 5.74) is 3.91. The lowest BCUT2D eigenvalue weighted by molar-refractivity contribution is 0.0696. The minimum atomic E-state index is -3.08. The number of thiazole rings is 1. The van der Waals surface area contributed by atoms with Crippen molar-refractivity contribution in [3.05, 3.63) is 95.7 Å². The molecule has 0 spiro atoms. The number of nitrogens with zero attached hydrogens (tertiary/aromatic N) is 2. The second kappa shape index (κ2) is 11.4. The fraction of sp³-hybridized carbons (Fsp3) is 0.241. The van der Waals surface area contributed by atoms with E-state index in [1.165, 1.54) is 66.8 Å². The van der Waals surface area contributed by atoms with Gasteiger partial charge in [-0.1, -0.05) is 65.9 Å². The van der Waals surface area contributed by atoms with Gasteiger partial charge in [-0.15, -0.1) is 0 Å². The lowest BCUT2D eigenvalue weighted by Gasteiger charge is -2.29. The van der Waals surface area contributed by atoms with Crippen LogP contribution < -0.4 is 9.04 Å². The predicted molar refractivity (Wildman–Crippen MR) is 150 cm³/mol. The highest BCUT2D eigenvalue weighted by Gasteiger charge is 2.24. The SMILES string of the molecule is COc1cc(C(=O)O)ccc1N(c1cnc(-c2ccc(C3CCC(c4ccccc4)CC3)cc2)s1)[SH](=O)=O. The van der Waals surface area contributed by atoms with E-state index in [4.69, 9.17) is 4.74 Å². The van der Waals surface area contributed by atoms with Gasteiger partial charge in [0.15, 0.2) is 0 Å². The van der Waals surface area contributed by atoms with Crippen LogP contribution in [-0.4, -0.2) is 31.6 Å². The van der Waals surface area contributed by atoms with Crippen LogP contribution in [0, 0.1) is 0 Å². The molecule has 1 N–H and O–H groups in total. The van der Waals surface area contributed by atoms with E-state index < -0.39 is 16.9 Å². The number of thiol groups is 1. The van der Waals surface area contributed by atoms with Gasteiger partial charge in [-0.2, -0.15) is 0 Å². The average Bonchev–Trinajstić information content (AvgIpc) is 3.43. The van der Waals surface area contributed by atoms with Gasteiger partial charge in [-0.3, -0.25) is 0 Å². The van der Waals surface area contributed by atoms with E-state index >= 15 is 0 Å². The van der Waals surface area contributed by atoms with Crippen LogP contribution in [0.4, 0.5) is 10.7 Å². The van der Waals surface area contributed by atoms with E-state index in [2.05, 4.69) is 47.4 Å². The highest BCUT2D eigenvalue weighted by Crippen LogP contribution is 2.42. The van der Waals surface area contributed by atoms with Gasteiger partial charge in [0.1, 0.15) is 15.8 Å². The molecule has 196 valence electrons. The maximum atomic E-state index is 12.2. The highest BCUT2D eigenvalue weighted by molar-refractivity contribution is 7.74. The van der Waals surface area contributed by atoms with Crippen LogP contribution in [0.15, 0.2) is 79.0 Å². The van der Waals surface area contributed by atoms with E-state index in [0.29, 0.717) is 21.8 Å². The monoisotopic (exact) mass is 548 g/mol. The number of aromatic nitrogens is 1. The van der Waals surface area contributed by atoms with Gasteiger partial charge in [-0.05, 0) is 66.8 Å². The predicted octanol–water partition coefficient (Wildman–Crippen LogP) is 6.62. The number of hydrogen-bond acceptors (Lipinski definition) is 6. The van der Waals surface area contributed by atoms with Crippen molar-refractivity contribution in [3.8, 4) is 16.3 Å². The molecule has 4 aromatic rings. The Morgan fingerprint density at radius 2 is 1.58 bits per heavy atom. The molecule has 0 aliphatic heterocycles. The summed E-state index contributed by atoms with van der Waals surface area (Å²) in [5, 5.41) is 10.3. The summed E-state index contributed by atoms with van der Waals surface area (Å²) in [4.78, 5) is 15.8. The lowest BCUT2D eigenvalue weighted by atomic mass is 9.76. The molecule has 0 amide bonds. The molecule has 9 heteroatoms. The van der Waals surface area contributed by atoms with E-state index in [9.17, 15) is 18.3 Å². The molecule has 0 bridgehead atoms. The van der Waals surface area contributed by atoms with Crippen LogP contribution in [0.3, 0.4) is 0 Å². The number of carboxylic acid groups (broad SMARTS) is 1. The molecule has 1 fully saturated rings. The van der Waals surface area contributed by atoms with Crippen molar-refractivity contribution in [1.29, 1.82) is 0 Å². The summed E-state index contributed by atoms with van der Waals surface area (Å²) in [6, 6.07) is 23.2. The minimum Gasteiger partial charge on any atom is -0.495 e. The number of hydrogen-bond donors (Lipinski definition) is 2. The Labute approximate surface area is 227 Å². The van der Waals surface area contributed by atoms with Gasteiger partial charge in [-0.25, -0.2) is 22.5 Å². The van der Waals surface area contributed by atoms with Crippen molar-refractivity contribution in [3.63, 3.8) is 0 Å². The summed E-state index contributed by atoms with van der Waals surface area (Å²) in [6.45, 7) is 0. The molecule has 1 aromatic heterocycles. The topological polar surface area (TPSA) is 96.8 Å². The Bertz CT molecular complexity index is 1480. The number of carbonyl (C=O) groups is 1. The minimum absolute atomic E-state index is 0.00492. The maximum absolute atomic E-state index is 12.2. The molecule has 1 saturated carbocycles. The Morgan fingerprint density at radius 1 is 0.947 bits per heavy atom. The first-order valence-electron chi connectivity index (χ1n) is 12.4. The van der Waals surface area contributed by atoms with E-state index in [1.807, 2.05) is 12.1 Å². The Morgan fingerprint density at radius 3 is 2.16 bits per heavy atom. The number of rotatable bonds is 8. The van der Waals surface area contributed by atoms with Gasteiger partial charge >= 0.3 is 5.97 Å². The third-order valence-corrected chi connectivity index (χ3v) is 9.07. The molecule has 0 radical (unpaired) electrons. The molecule has 5 rings (SSSR count). The third-order valence-electron chi connectivity index (χ3n) is 7.15. The second-order valence-corrected chi connectivity index (χ2v) is 11.2. The number of carboxylic acids is 1. The standard InChI is InChI=1S/C29H28N2O5S2/c1-36-26-17-24(29(32)33)15-16-25(26)31(38(34)35)27-18-30-28(37-27)23-13-11-22(12-14-23)21-9-7-20(8-10-21)19-5-3-2-4-6-19/h2-6,11-18,20-21,38H,7-10H2,1H3,(H,32,33). The highest BCUT2D eigenvalue weighted by atomic mass is 32.2. The van der Waals surface area contributed by atoms with Crippen LogP contribution >= 0.6 is 11.3 Å². The fourth-order valence-corrected chi connectivity index (χ4v) is 6.88. The van der Waals surface area contributed by atoms with Crippen LogP contribution in [0.5, 0.6) is 5.75 Å². The summed E-state index contributed by atoms with van der Waals surface area (Å²) in [5.74, 6) is 0.193. The Balaban J connectivity index is 1.32. The van der Waals surface area contributed by atoms with Crippen molar-refractivity contribution in [1.82, 2.24) is 4.98 Å². The molecule has 0 unspecified atom stereocenters. The summed E-state index contributed by atoms with van der Waals surface area (Å²) in [7, 11) is -1.71. The zero-order valence-electron chi connectivity index (χ0n) is 20.8. The summed E-state index contributed by atoms with van der Waals surface area (Å²) in [6.07, 6.45) is 6.20. The molecule has 1 aliphatic carbocycles. The van der Waals surface area contributed by atoms with Gasteiger partial charge in [0.05, 0.1) is 24.6 Å². The molecule has 1 heterocycles. The maximum Gasteiger partial charge on any atom is 0.335 e. The average molecular weight is 549 g/mol. The summed E-state index contributed by atoms with van der Waals surface area (Å²) >= 11 is 1.25. The van der Waals surface area contributed by atoms with Crippen molar-refractivity contribution >= 4 is 38.9 Å². The van der Waals surface area contributed by atoms with Gasteiger partial charge in [0, 0.05) is 5.56 Å². The molecular weight excluding hydrogens is 520 g/mol. The van der Waals surface area contributed by atoms with E-state index in [1.54, 1.807) is 0 Å². The third kappa shape index (κ3) is 5.44. The zero-order chi connectivity index (χ0) is 26.6. The second-order valence-electron chi connectivity index (χ2n) is 9.33. The van der Waals surface area contributed by atoms with Crippen molar-refractivity contribution in [2.24, 2.45) is 0 Å². The van der Waals surface area contributed by atoms with Crippen molar-refractivity contribution in [2.45, 2.75) is 37.5 Å². The number of benzene rings is 3. The smallest absolute Gasteiger partial charge is 0.335 e. The van der Waals surface area contributed by atoms with Crippen molar-refractivity contribution < 1.29 is 23.1 Å². The molecule has 3 aromatic carbocycles. The largest absolute Gasteiger partial charge is 0.495 e. The Kier molecular flexibility index (Phi) is 7.76. The van der Waals surface area contributed by atoms with E-state index in [-0.39, 0.29) is 17.0 Å². The van der Waals surface area contributed by atoms with Crippen LogP contribution in [0.1, 0.15) is 59.0 Å². The first-order valence-corrected chi connectivity index (χ1v) is 14.4. The van der Waals surface area contributed by atoms with Gasteiger partial charge < -0.3 is 9.84 Å². The van der Waals surface area contributed by atoms with Crippen LogP contribution in [0.2, 0.25) is 0 Å².